The molecule has 0 aromatic heterocycles. The highest BCUT2D eigenvalue weighted by molar-refractivity contribution is 5.88. The first-order chi connectivity index (χ1) is 5.18. The van der Waals surface area contributed by atoms with Crippen LogP contribution in [0.3, 0.4) is 0 Å². The predicted octanol–water partition coefficient (Wildman–Crippen LogP) is 1.35. The maximum absolute atomic E-state index is 10.5. The molecule has 0 aliphatic heterocycles. The molecule has 0 aliphatic carbocycles. The summed E-state index contributed by atoms with van der Waals surface area (Å²) in [5.74, 6) is 0.0785. The smallest absolute Gasteiger partial charge is 0.221 e. The minimum atomic E-state index is -0.115. The highest BCUT2D eigenvalue weighted by atomic mass is 16.3. The van der Waals surface area contributed by atoms with E-state index in [9.17, 15) is 4.79 Å². The monoisotopic (exact) mass is 154 g/mol. The van der Waals surface area contributed by atoms with Crippen molar-refractivity contribution >= 4 is 11.6 Å². The van der Waals surface area contributed by atoms with Gasteiger partial charge in [0.05, 0.1) is 0 Å². The molecule has 0 saturated heterocycles. The van der Waals surface area contributed by atoms with E-state index >= 15 is 0 Å². The predicted molar refractivity (Wildman–Crippen MR) is 42.4 cm³/mol. The van der Waals surface area contributed by atoms with Gasteiger partial charge in [-0.2, -0.15) is 0 Å². The Labute approximate surface area is 64.7 Å². The molecule has 1 aromatic carbocycles. The third kappa shape index (κ3) is 2.29. The third-order valence-corrected chi connectivity index (χ3v) is 1.19. The van der Waals surface area contributed by atoms with Gasteiger partial charge in [0, 0.05) is 12.6 Å². The van der Waals surface area contributed by atoms with Gasteiger partial charge in [0.15, 0.2) is 0 Å². The lowest BCUT2D eigenvalue weighted by molar-refractivity contribution is -0.114. The summed E-state index contributed by atoms with van der Waals surface area (Å²) in [5, 5.41) is 11.5. The molecule has 3 nitrogen and oxygen atoms in total. The Morgan fingerprint density at radius 1 is 1.36 bits per heavy atom. The minimum Gasteiger partial charge on any atom is -0.508 e. The molecular formula is C8H9NO2. The molecule has 0 saturated carbocycles. The Balaban J connectivity index is 2.74. The van der Waals surface area contributed by atoms with Crippen molar-refractivity contribution < 1.29 is 9.90 Å². The van der Waals surface area contributed by atoms with Gasteiger partial charge < -0.3 is 10.4 Å². The number of amides is 1. The van der Waals surface area contributed by atoms with Crippen molar-refractivity contribution in [3.8, 4) is 5.75 Å². The molecule has 0 fully saturated rings. The van der Waals surface area contributed by atoms with Crippen LogP contribution in [0.2, 0.25) is 0 Å². The molecular weight excluding hydrogens is 145 g/mol. The Hall–Kier alpha value is -1.51. The average molecular weight is 154 g/mol. The van der Waals surface area contributed by atoms with Gasteiger partial charge in [-0.1, -0.05) is 0 Å². The SMILES string of the molecule is [13CH3]C(=O)Nc1c[13cH]c(O)[13cH]c1. The zero-order valence-corrected chi connectivity index (χ0v) is 6.16. The molecule has 58 valence electrons. The van der Waals surface area contributed by atoms with Crippen LogP contribution in [-0.4, -0.2) is 11.0 Å². The zero-order valence-electron chi connectivity index (χ0n) is 6.16. The first-order valence-electron chi connectivity index (χ1n) is 3.25. The molecule has 1 amide bonds. The second kappa shape index (κ2) is 3.05. The molecule has 0 radical (unpaired) electrons. The Morgan fingerprint density at radius 3 is 2.36 bits per heavy atom. The van der Waals surface area contributed by atoms with E-state index in [-0.39, 0.29) is 11.7 Å². The molecule has 0 bridgehead atoms. The van der Waals surface area contributed by atoms with Crippen LogP contribution in [0, 0.1) is 0 Å². The summed E-state index contributed by atoms with van der Waals surface area (Å²) in [6.07, 6.45) is 0. The number of hydrogen-bond acceptors (Lipinski definition) is 2. The number of phenols is 1. The maximum Gasteiger partial charge on any atom is 0.221 e. The van der Waals surface area contributed by atoms with E-state index in [1.165, 1.54) is 19.1 Å². The van der Waals surface area contributed by atoms with Crippen molar-refractivity contribution in [1.29, 1.82) is 0 Å². The fourth-order valence-electron chi connectivity index (χ4n) is 0.748. The molecule has 0 aliphatic rings. The maximum atomic E-state index is 10.5. The van der Waals surface area contributed by atoms with Crippen LogP contribution >= 0.6 is 0 Å². The second-order valence-electron chi connectivity index (χ2n) is 2.23. The van der Waals surface area contributed by atoms with Gasteiger partial charge in [-0.3, -0.25) is 4.79 Å². The lowest BCUT2D eigenvalue weighted by Crippen LogP contribution is -2.04. The normalized spacial score (nSPS) is 9.18. The van der Waals surface area contributed by atoms with Crippen molar-refractivity contribution in [3.63, 3.8) is 0 Å². The number of carbonyl (C=O) groups is 1. The number of hydrogen-bond donors (Lipinski definition) is 2. The fraction of sp³-hybridized carbons (Fsp3) is 0.125. The molecule has 1 aromatic rings. The highest BCUT2D eigenvalue weighted by Gasteiger charge is 1.93. The fourth-order valence-corrected chi connectivity index (χ4v) is 0.748. The standard InChI is InChI=1S/C8H9NO2/c1-6(10)9-7-2-4-8(11)5-3-7/h2-5,11H,1H3,(H,9,10)/i1+1,4+1,5+1. The number of rotatable bonds is 1. The Bertz CT molecular complexity index is 253. The summed E-state index contributed by atoms with van der Waals surface area (Å²) >= 11 is 0. The van der Waals surface area contributed by atoms with Gasteiger partial charge in [0.2, 0.25) is 5.91 Å². The van der Waals surface area contributed by atoms with Crippen LogP contribution in [0.4, 0.5) is 5.69 Å². The average Bonchev–Trinajstić information content (AvgIpc) is 1.93. The first kappa shape index (κ1) is 7.60. The van der Waals surface area contributed by atoms with Crippen molar-refractivity contribution in [1.82, 2.24) is 0 Å². The molecule has 0 heterocycles. The number of carbonyl (C=O) groups excluding carboxylic acids is 1. The summed E-state index contributed by atoms with van der Waals surface area (Å²) in [6, 6.07) is 6.31. The molecule has 2 N–H and O–H groups in total. The van der Waals surface area contributed by atoms with Gasteiger partial charge in [-0.05, 0) is 24.3 Å². The summed E-state index contributed by atoms with van der Waals surface area (Å²) in [4.78, 5) is 10.5. The first-order valence-corrected chi connectivity index (χ1v) is 3.25. The second-order valence-corrected chi connectivity index (χ2v) is 2.23. The number of nitrogens with one attached hydrogen (secondary N) is 1. The molecule has 11 heavy (non-hydrogen) atoms. The van der Waals surface area contributed by atoms with Crippen molar-refractivity contribution in [2.24, 2.45) is 0 Å². The molecule has 0 unspecified atom stereocenters. The van der Waals surface area contributed by atoms with E-state index in [0.29, 0.717) is 5.69 Å². The minimum absolute atomic E-state index is 0.115. The molecule has 0 atom stereocenters. The molecule has 0 spiro atoms. The Kier molecular flexibility index (Phi) is 2.11. The van der Waals surface area contributed by atoms with Crippen LogP contribution in [0.1, 0.15) is 6.92 Å². The lowest BCUT2D eigenvalue weighted by Gasteiger charge is -1.99. The quantitative estimate of drug-likeness (QED) is 0.473. The zero-order chi connectivity index (χ0) is 8.27. The third-order valence-electron chi connectivity index (χ3n) is 1.19. The highest BCUT2D eigenvalue weighted by Crippen LogP contribution is 2.13. The number of aromatic hydroxyl groups is 1. The lowest BCUT2D eigenvalue weighted by atomic mass is 10.5. The number of phenolic OH excluding ortho intramolecular Hbond substituents is 1. The van der Waals surface area contributed by atoms with Gasteiger partial charge in [0.25, 0.3) is 0 Å². The molecule has 3 heteroatoms. The van der Waals surface area contributed by atoms with Gasteiger partial charge in [-0.15, -0.1) is 0 Å². The van der Waals surface area contributed by atoms with Crippen molar-refractivity contribution in [3.05, 3.63) is 24.3 Å². The van der Waals surface area contributed by atoms with Crippen LogP contribution in [0.5, 0.6) is 5.75 Å². The largest absolute Gasteiger partial charge is 0.508 e. The van der Waals surface area contributed by atoms with Crippen LogP contribution in [0.25, 0.3) is 0 Å². The van der Waals surface area contributed by atoms with E-state index in [2.05, 4.69) is 5.32 Å². The van der Waals surface area contributed by atoms with Crippen LogP contribution in [-0.2, 0) is 4.79 Å². The van der Waals surface area contributed by atoms with Crippen molar-refractivity contribution in [2.75, 3.05) is 5.32 Å². The number of anilines is 1. The summed E-state index contributed by atoms with van der Waals surface area (Å²) in [6.45, 7) is 1.44. The van der Waals surface area contributed by atoms with Gasteiger partial charge in [0.1, 0.15) is 5.75 Å². The van der Waals surface area contributed by atoms with E-state index in [1.807, 2.05) is 0 Å². The summed E-state index contributed by atoms with van der Waals surface area (Å²) in [5.41, 5.74) is 0.690. The van der Waals surface area contributed by atoms with Gasteiger partial charge >= 0.3 is 0 Å². The van der Waals surface area contributed by atoms with Crippen LogP contribution in [0.15, 0.2) is 24.3 Å². The van der Waals surface area contributed by atoms with Crippen LogP contribution < -0.4 is 5.32 Å². The van der Waals surface area contributed by atoms with Gasteiger partial charge in [-0.25, -0.2) is 0 Å². The van der Waals surface area contributed by atoms with E-state index in [4.69, 9.17) is 5.11 Å². The Morgan fingerprint density at radius 2 is 1.91 bits per heavy atom. The van der Waals surface area contributed by atoms with E-state index < -0.39 is 0 Å². The van der Waals surface area contributed by atoms with E-state index in [1.54, 1.807) is 12.1 Å². The topological polar surface area (TPSA) is 49.3 Å². The number of benzene rings is 1. The summed E-state index contributed by atoms with van der Waals surface area (Å²) in [7, 11) is 0. The van der Waals surface area contributed by atoms with E-state index in [0.717, 1.165) is 0 Å². The summed E-state index contributed by atoms with van der Waals surface area (Å²) < 4.78 is 0. The molecule has 1 rings (SSSR count). The van der Waals surface area contributed by atoms with Crippen molar-refractivity contribution in [2.45, 2.75) is 6.92 Å².